The van der Waals surface area contributed by atoms with Crippen molar-refractivity contribution >= 4 is 21.6 Å². The molecular formula is C18H19BrN2O3. The van der Waals surface area contributed by atoms with Crippen molar-refractivity contribution in [2.45, 2.75) is 26.1 Å². The first-order chi connectivity index (χ1) is 11.4. The molecule has 0 bridgehead atoms. The van der Waals surface area contributed by atoms with Gasteiger partial charge in [-0.2, -0.15) is 0 Å². The highest BCUT2D eigenvalue weighted by Gasteiger charge is 2.26. The van der Waals surface area contributed by atoms with Crippen LogP contribution in [0, 0.1) is 6.92 Å². The summed E-state index contributed by atoms with van der Waals surface area (Å²) in [7, 11) is 1.55. The van der Waals surface area contributed by atoms with Gasteiger partial charge in [-0.25, -0.2) is 4.98 Å². The Morgan fingerprint density at radius 1 is 1.21 bits per heavy atom. The molecule has 0 amide bonds. The van der Waals surface area contributed by atoms with Crippen LogP contribution in [0.25, 0.3) is 5.65 Å². The summed E-state index contributed by atoms with van der Waals surface area (Å²) in [6.45, 7) is 3.53. The number of pyridine rings is 1. The minimum atomic E-state index is -0.977. The molecule has 0 aliphatic rings. The molecule has 6 heteroatoms. The van der Waals surface area contributed by atoms with Crippen molar-refractivity contribution in [3.05, 3.63) is 63.5 Å². The van der Waals surface area contributed by atoms with E-state index in [9.17, 15) is 10.2 Å². The van der Waals surface area contributed by atoms with Crippen molar-refractivity contribution in [3.8, 4) is 5.75 Å². The molecule has 2 heterocycles. The van der Waals surface area contributed by atoms with Crippen LogP contribution in [0.2, 0.25) is 0 Å². The Bertz CT molecular complexity index is 889. The number of halogens is 1. The second-order valence-electron chi connectivity index (χ2n) is 5.70. The average molecular weight is 391 g/mol. The molecule has 24 heavy (non-hydrogen) atoms. The Morgan fingerprint density at radius 3 is 2.62 bits per heavy atom. The van der Waals surface area contributed by atoms with Crippen LogP contribution >= 0.6 is 15.9 Å². The summed E-state index contributed by atoms with van der Waals surface area (Å²) in [4.78, 5) is 4.51. The van der Waals surface area contributed by atoms with E-state index in [1.54, 1.807) is 32.2 Å². The molecule has 2 unspecified atom stereocenters. The summed E-state index contributed by atoms with van der Waals surface area (Å²) < 4.78 is 8.16. The zero-order chi connectivity index (χ0) is 17.4. The van der Waals surface area contributed by atoms with Crippen LogP contribution < -0.4 is 4.74 Å². The highest BCUT2D eigenvalue weighted by atomic mass is 79.9. The summed E-state index contributed by atoms with van der Waals surface area (Å²) in [5, 5.41) is 21.2. The lowest BCUT2D eigenvalue weighted by Gasteiger charge is -2.21. The summed E-state index contributed by atoms with van der Waals surface area (Å²) >= 11 is 3.45. The van der Waals surface area contributed by atoms with E-state index < -0.39 is 12.2 Å². The number of aliphatic hydroxyl groups excluding tert-OH is 2. The number of imidazole rings is 1. The lowest BCUT2D eigenvalue weighted by Crippen LogP contribution is -2.11. The van der Waals surface area contributed by atoms with E-state index in [1.807, 2.05) is 29.7 Å². The zero-order valence-corrected chi connectivity index (χ0v) is 15.3. The fourth-order valence-electron chi connectivity index (χ4n) is 3.02. The van der Waals surface area contributed by atoms with E-state index in [0.29, 0.717) is 22.6 Å². The molecule has 1 aromatic carbocycles. The monoisotopic (exact) mass is 390 g/mol. The molecule has 0 spiro atoms. The van der Waals surface area contributed by atoms with Crippen LogP contribution in [-0.2, 0) is 0 Å². The van der Waals surface area contributed by atoms with Gasteiger partial charge in [-0.15, -0.1) is 0 Å². The van der Waals surface area contributed by atoms with Crippen molar-refractivity contribution in [2.75, 3.05) is 7.11 Å². The van der Waals surface area contributed by atoms with Gasteiger partial charge in [-0.3, -0.25) is 4.40 Å². The highest BCUT2D eigenvalue weighted by Crippen LogP contribution is 2.37. The highest BCUT2D eigenvalue weighted by molar-refractivity contribution is 9.10. The Kier molecular flexibility index (Phi) is 4.62. The Labute approximate surface area is 148 Å². The number of aromatic nitrogens is 2. The second-order valence-corrected chi connectivity index (χ2v) is 6.62. The van der Waals surface area contributed by atoms with E-state index in [4.69, 9.17) is 4.74 Å². The number of fused-ring (bicyclic) bond motifs is 1. The molecule has 126 valence electrons. The van der Waals surface area contributed by atoms with Gasteiger partial charge in [0, 0.05) is 16.2 Å². The van der Waals surface area contributed by atoms with Crippen molar-refractivity contribution in [1.82, 2.24) is 9.38 Å². The van der Waals surface area contributed by atoms with Crippen molar-refractivity contribution in [3.63, 3.8) is 0 Å². The molecule has 5 nitrogen and oxygen atoms in total. The van der Waals surface area contributed by atoms with Gasteiger partial charge >= 0.3 is 0 Å². The summed E-state index contributed by atoms with van der Waals surface area (Å²) in [6, 6.07) is 9.15. The van der Waals surface area contributed by atoms with Crippen molar-refractivity contribution in [1.29, 1.82) is 0 Å². The molecule has 3 rings (SSSR count). The number of aliphatic hydroxyl groups is 2. The van der Waals surface area contributed by atoms with Crippen LogP contribution in [0.5, 0.6) is 5.75 Å². The maximum atomic E-state index is 11.1. The minimum absolute atomic E-state index is 0.533. The summed E-state index contributed by atoms with van der Waals surface area (Å²) in [5.74, 6) is 0.533. The van der Waals surface area contributed by atoms with Gasteiger partial charge in [-0.05, 0) is 53.5 Å². The minimum Gasteiger partial charge on any atom is -0.496 e. The van der Waals surface area contributed by atoms with E-state index in [0.717, 1.165) is 15.8 Å². The average Bonchev–Trinajstić information content (AvgIpc) is 2.88. The topological polar surface area (TPSA) is 67.0 Å². The zero-order valence-electron chi connectivity index (χ0n) is 13.7. The molecular weight excluding hydrogens is 372 g/mol. The molecule has 2 aromatic heterocycles. The fraction of sp³-hybridized carbons (Fsp3) is 0.278. The third-order valence-electron chi connectivity index (χ3n) is 4.11. The fourth-order valence-corrected chi connectivity index (χ4v) is 3.35. The maximum absolute atomic E-state index is 11.1. The Morgan fingerprint density at radius 2 is 1.96 bits per heavy atom. The van der Waals surface area contributed by atoms with E-state index in [1.165, 1.54) is 0 Å². The molecule has 0 aliphatic carbocycles. The first-order valence-electron chi connectivity index (χ1n) is 7.61. The Balaban J connectivity index is 2.25. The number of rotatable bonds is 4. The quantitative estimate of drug-likeness (QED) is 0.714. The van der Waals surface area contributed by atoms with Crippen molar-refractivity contribution in [2.24, 2.45) is 0 Å². The number of aryl methyl sites for hydroxylation is 1. The SMILES string of the molecule is COc1cccc(C(C)O)c1C(O)c1c(C)nc2ccc(Br)cn12. The van der Waals surface area contributed by atoms with Crippen LogP contribution in [0.3, 0.4) is 0 Å². The smallest absolute Gasteiger partial charge is 0.137 e. The van der Waals surface area contributed by atoms with E-state index >= 15 is 0 Å². The third-order valence-corrected chi connectivity index (χ3v) is 4.57. The number of methoxy groups -OCH3 is 1. The Hall–Kier alpha value is -1.89. The third kappa shape index (κ3) is 2.81. The van der Waals surface area contributed by atoms with Gasteiger partial charge in [0.25, 0.3) is 0 Å². The summed E-state index contributed by atoms with van der Waals surface area (Å²) in [6.07, 6.45) is 0.164. The largest absolute Gasteiger partial charge is 0.496 e. The number of nitrogens with zero attached hydrogens (tertiary/aromatic N) is 2. The van der Waals surface area contributed by atoms with Gasteiger partial charge in [0.05, 0.1) is 24.6 Å². The molecule has 2 atom stereocenters. The lowest BCUT2D eigenvalue weighted by atomic mass is 9.95. The van der Waals surface area contributed by atoms with Crippen LogP contribution in [0.4, 0.5) is 0 Å². The molecule has 0 fully saturated rings. The van der Waals surface area contributed by atoms with Gasteiger partial charge in [-0.1, -0.05) is 12.1 Å². The molecule has 0 aliphatic heterocycles. The first kappa shape index (κ1) is 17.0. The van der Waals surface area contributed by atoms with Gasteiger partial charge in [0.2, 0.25) is 0 Å². The van der Waals surface area contributed by atoms with Gasteiger partial charge < -0.3 is 14.9 Å². The number of ether oxygens (including phenoxy) is 1. The van der Waals surface area contributed by atoms with Crippen LogP contribution in [-0.4, -0.2) is 26.7 Å². The van der Waals surface area contributed by atoms with E-state index in [-0.39, 0.29) is 0 Å². The lowest BCUT2D eigenvalue weighted by molar-refractivity contribution is 0.178. The number of benzene rings is 1. The molecule has 0 saturated carbocycles. The number of hydrogen-bond acceptors (Lipinski definition) is 4. The van der Waals surface area contributed by atoms with E-state index in [2.05, 4.69) is 20.9 Å². The predicted octanol–water partition coefficient (Wildman–Crippen LogP) is 3.55. The number of hydrogen-bond donors (Lipinski definition) is 2. The molecule has 2 N–H and O–H groups in total. The van der Waals surface area contributed by atoms with Gasteiger partial charge in [0.1, 0.15) is 17.5 Å². The normalized spacial score (nSPS) is 13.9. The first-order valence-corrected chi connectivity index (χ1v) is 8.40. The standard InChI is InChI=1S/C18H19BrN2O3/c1-10-17(21-9-12(19)7-8-15(21)20-10)18(23)16-13(11(2)22)5-4-6-14(16)24-3/h4-9,11,18,22-23H,1-3H3. The predicted molar refractivity (Wildman–Crippen MR) is 95.3 cm³/mol. The summed E-state index contributed by atoms with van der Waals surface area (Å²) in [5.41, 5.74) is 3.31. The van der Waals surface area contributed by atoms with Crippen molar-refractivity contribution < 1.29 is 14.9 Å². The molecule has 0 saturated heterocycles. The van der Waals surface area contributed by atoms with Crippen LogP contribution in [0.1, 0.15) is 41.6 Å². The second kappa shape index (κ2) is 6.55. The molecule has 0 radical (unpaired) electrons. The van der Waals surface area contributed by atoms with Crippen LogP contribution in [0.15, 0.2) is 41.0 Å². The van der Waals surface area contributed by atoms with Gasteiger partial charge in [0.15, 0.2) is 0 Å². The maximum Gasteiger partial charge on any atom is 0.137 e. The molecule has 3 aromatic rings.